The molecule has 0 radical (unpaired) electrons. The Morgan fingerprint density at radius 3 is 2.61 bits per heavy atom. The van der Waals surface area contributed by atoms with Crippen LogP contribution in [0.4, 0.5) is 0 Å². The first-order valence-corrected chi connectivity index (χ1v) is 6.34. The number of nitrogens with one attached hydrogen (secondary N) is 1. The number of hydrogen-bond donors (Lipinski definition) is 2. The summed E-state index contributed by atoms with van der Waals surface area (Å²) in [7, 11) is 0. The van der Waals surface area contributed by atoms with Crippen molar-refractivity contribution in [1.29, 1.82) is 0 Å². The van der Waals surface area contributed by atoms with Gasteiger partial charge in [0.15, 0.2) is 0 Å². The molecule has 1 aromatic heterocycles. The molecule has 2 N–H and O–H groups in total. The monoisotopic (exact) mass is 245 g/mol. The SMILES string of the molecule is CCC(NCCc1ccc(O)cc1)c1ccco1. The fourth-order valence-electron chi connectivity index (χ4n) is 1.99. The highest BCUT2D eigenvalue weighted by Crippen LogP contribution is 2.16. The molecular formula is C15H19NO2. The molecule has 0 aliphatic carbocycles. The van der Waals surface area contributed by atoms with Crippen molar-refractivity contribution in [2.75, 3.05) is 6.54 Å². The van der Waals surface area contributed by atoms with Crippen molar-refractivity contribution in [3.05, 3.63) is 54.0 Å². The lowest BCUT2D eigenvalue weighted by Crippen LogP contribution is -2.22. The lowest BCUT2D eigenvalue weighted by atomic mass is 10.1. The standard InChI is InChI=1S/C15H19NO2/c1-2-14(15-4-3-11-18-15)16-10-9-12-5-7-13(17)8-6-12/h3-8,11,14,16-17H,2,9-10H2,1H3. The van der Waals surface area contributed by atoms with Crippen molar-refractivity contribution in [2.45, 2.75) is 25.8 Å². The zero-order chi connectivity index (χ0) is 12.8. The van der Waals surface area contributed by atoms with E-state index in [2.05, 4.69) is 12.2 Å². The number of benzene rings is 1. The normalized spacial score (nSPS) is 12.5. The molecule has 18 heavy (non-hydrogen) atoms. The lowest BCUT2D eigenvalue weighted by Gasteiger charge is -2.14. The summed E-state index contributed by atoms with van der Waals surface area (Å²) < 4.78 is 5.41. The van der Waals surface area contributed by atoms with Crippen LogP contribution in [0, 0.1) is 0 Å². The minimum Gasteiger partial charge on any atom is -0.508 e. The van der Waals surface area contributed by atoms with Crippen molar-refractivity contribution < 1.29 is 9.52 Å². The van der Waals surface area contributed by atoms with E-state index in [-0.39, 0.29) is 6.04 Å². The molecule has 3 heteroatoms. The largest absolute Gasteiger partial charge is 0.508 e. The number of hydrogen-bond acceptors (Lipinski definition) is 3. The smallest absolute Gasteiger partial charge is 0.120 e. The highest BCUT2D eigenvalue weighted by atomic mass is 16.3. The van der Waals surface area contributed by atoms with Crippen LogP contribution in [0.1, 0.15) is 30.7 Å². The van der Waals surface area contributed by atoms with Crippen molar-refractivity contribution in [3.63, 3.8) is 0 Å². The summed E-state index contributed by atoms with van der Waals surface area (Å²) >= 11 is 0. The number of rotatable bonds is 6. The lowest BCUT2D eigenvalue weighted by molar-refractivity contribution is 0.406. The van der Waals surface area contributed by atoms with E-state index in [4.69, 9.17) is 4.42 Å². The second kappa shape index (κ2) is 6.26. The average Bonchev–Trinajstić information content (AvgIpc) is 2.91. The van der Waals surface area contributed by atoms with Gasteiger partial charge < -0.3 is 14.8 Å². The van der Waals surface area contributed by atoms with Gasteiger partial charge >= 0.3 is 0 Å². The summed E-state index contributed by atoms with van der Waals surface area (Å²) in [6, 6.07) is 11.5. The first-order chi connectivity index (χ1) is 8.79. The van der Waals surface area contributed by atoms with Crippen LogP contribution in [0.2, 0.25) is 0 Å². The molecule has 2 rings (SSSR count). The van der Waals surface area contributed by atoms with E-state index in [1.54, 1.807) is 18.4 Å². The number of phenolic OH excluding ortho intramolecular Hbond substituents is 1. The Bertz CT molecular complexity index is 448. The molecular weight excluding hydrogens is 226 g/mol. The Hall–Kier alpha value is -1.74. The predicted octanol–water partition coefficient (Wildman–Crippen LogP) is 3.27. The minimum absolute atomic E-state index is 0.275. The molecule has 0 saturated carbocycles. The van der Waals surface area contributed by atoms with Gasteiger partial charge in [0, 0.05) is 0 Å². The molecule has 1 unspecified atom stereocenters. The van der Waals surface area contributed by atoms with Gasteiger partial charge in [-0.25, -0.2) is 0 Å². The summed E-state index contributed by atoms with van der Waals surface area (Å²) in [6.07, 6.45) is 3.65. The van der Waals surface area contributed by atoms with Crippen LogP contribution in [0.3, 0.4) is 0 Å². The summed E-state index contributed by atoms with van der Waals surface area (Å²) in [5, 5.41) is 12.7. The Morgan fingerprint density at radius 2 is 2.00 bits per heavy atom. The van der Waals surface area contributed by atoms with E-state index in [9.17, 15) is 5.11 Å². The van der Waals surface area contributed by atoms with Gasteiger partial charge in [-0.1, -0.05) is 19.1 Å². The van der Waals surface area contributed by atoms with Crippen molar-refractivity contribution >= 4 is 0 Å². The Kier molecular flexibility index (Phi) is 4.42. The summed E-state index contributed by atoms with van der Waals surface area (Å²) in [5.74, 6) is 1.30. The van der Waals surface area contributed by atoms with Crippen LogP contribution in [-0.2, 0) is 6.42 Å². The first-order valence-electron chi connectivity index (χ1n) is 6.34. The summed E-state index contributed by atoms with van der Waals surface area (Å²) in [5.41, 5.74) is 1.22. The number of furan rings is 1. The number of phenols is 1. The van der Waals surface area contributed by atoms with Gasteiger partial charge in [-0.05, 0) is 49.2 Å². The van der Waals surface area contributed by atoms with Gasteiger partial charge in [0.2, 0.25) is 0 Å². The third-order valence-corrected chi connectivity index (χ3v) is 3.04. The number of aromatic hydroxyl groups is 1. The Labute approximate surface area is 107 Å². The molecule has 0 spiro atoms. The minimum atomic E-state index is 0.275. The van der Waals surface area contributed by atoms with Crippen molar-refractivity contribution in [2.24, 2.45) is 0 Å². The molecule has 2 aromatic rings. The van der Waals surface area contributed by atoms with Crippen LogP contribution in [0.5, 0.6) is 5.75 Å². The molecule has 96 valence electrons. The van der Waals surface area contributed by atoms with Gasteiger partial charge in [-0.3, -0.25) is 0 Å². The highest BCUT2D eigenvalue weighted by molar-refractivity contribution is 5.26. The van der Waals surface area contributed by atoms with Crippen molar-refractivity contribution in [3.8, 4) is 5.75 Å². The zero-order valence-corrected chi connectivity index (χ0v) is 10.6. The first kappa shape index (κ1) is 12.7. The molecule has 1 heterocycles. The molecule has 3 nitrogen and oxygen atoms in total. The van der Waals surface area contributed by atoms with E-state index in [1.165, 1.54) is 5.56 Å². The molecule has 0 saturated heterocycles. The maximum absolute atomic E-state index is 9.21. The fraction of sp³-hybridized carbons (Fsp3) is 0.333. The second-order valence-electron chi connectivity index (χ2n) is 4.35. The van der Waals surface area contributed by atoms with Crippen LogP contribution in [0.25, 0.3) is 0 Å². The summed E-state index contributed by atoms with van der Waals surface area (Å²) in [6.45, 7) is 3.03. The van der Waals surface area contributed by atoms with E-state index in [1.807, 2.05) is 24.3 Å². The van der Waals surface area contributed by atoms with E-state index < -0.39 is 0 Å². The molecule has 0 bridgehead atoms. The topological polar surface area (TPSA) is 45.4 Å². The van der Waals surface area contributed by atoms with Crippen LogP contribution >= 0.6 is 0 Å². The van der Waals surface area contributed by atoms with Gasteiger partial charge in [0.25, 0.3) is 0 Å². The van der Waals surface area contributed by atoms with E-state index >= 15 is 0 Å². The van der Waals surface area contributed by atoms with Gasteiger partial charge in [0.05, 0.1) is 12.3 Å². The van der Waals surface area contributed by atoms with Crippen LogP contribution in [-0.4, -0.2) is 11.7 Å². The third-order valence-electron chi connectivity index (χ3n) is 3.04. The molecule has 0 fully saturated rings. The van der Waals surface area contributed by atoms with Gasteiger partial charge in [-0.2, -0.15) is 0 Å². The van der Waals surface area contributed by atoms with Gasteiger partial charge in [-0.15, -0.1) is 0 Å². The van der Waals surface area contributed by atoms with Gasteiger partial charge in [0.1, 0.15) is 11.5 Å². The average molecular weight is 245 g/mol. The Balaban J connectivity index is 1.82. The second-order valence-corrected chi connectivity index (χ2v) is 4.35. The van der Waals surface area contributed by atoms with Crippen molar-refractivity contribution in [1.82, 2.24) is 5.32 Å². The molecule has 0 amide bonds. The zero-order valence-electron chi connectivity index (χ0n) is 10.6. The molecule has 1 aromatic carbocycles. The fourth-order valence-corrected chi connectivity index (χ4v) is 1.99. The highest BCUT2D eigenvalue weighted by Gasteiger charge is 2.10. The maximum atomic E-state index is 9.21. The third kappa shape index (κ3) is 3.37. The quantitative estimate of drug-likeness (QED) is 0.821. The molecule has 0 aliphatic rings. The van der Waals surface area contributed by atoms with Crippen LogP contribution in [0.15, 0.2) is 47.1 Å². The van der Waals surface area contributed by atoms with E-state index in [0.717, 1.165) is 25.1 Å². The van der Waals surface area contributed by atoms with E-state index in [0.29, 0.717) is 5.75 Å². The maximum Gasteiger partial charge on any atom is 0.120 e. The molecule has 0 aliphatic heterocycles. The Morgan fingerprint density at radius 1 is 1.22 bits per heavy atom. The molecule has 1 atom stereocenters. The van der Waals surface area contributed by atoms with Crippen LogP contribution < -0.4 is 5.32 Å². The predicted molar refractivity (Wildman–Crippen MR) is 71.6 cm³/mol. The summed E-state index contributed by atoms with van der Waals surface area (Å²) in [4.78, 5) is 0.